The van der Waals surface area contributed by atoms with Crippen LogP contribution in [0.1, 0.15) is 37.8 Å². The average Bonchev–Trinajstić information content (AvgIpc) is 2.93. The predicted octanol–water partition coefficient (Wildman–Crippen LogP) is 4.08. The first kappa shape index (κ1) is 19.3. The van der Waals surface area contributed by atoms with Crippen molar-refractivity contribution < 1.29 is 19.4 Å². The third-order valence-electron chi connectivity index (χ3n) is 5.35. The number of hydrogen-bond donors (Lipinski definition) is 3. The number of amides is 1. The molecule has 0 bridgehead atoms. The van der Waals surface area contributed by atoms with Crippen LogP contribution >= 0.6 is 12.6 Å². The van der Waals surface area contributed by atoms with Crippen molar-refractivity contribution in [2.45, 2.75) is 37.0 Å². The van der Waals surface area contributed by atoms with E-state index in [1.165, 1.54) is 6.92 Å². The third-order valence-corrected chi connectivity index (χ3v) is 5.79. The van der Waals surface area contributed by atoms with Gasteiger partial charge in [-0.1, -0.05) is 48.5 Å². The predicted molar refractivity (Wildman–Crippen MR) is 107 cm³/mol. The molecule has 0 radical (unpaired) electrons. The molecule has 2 N–H and O–H groups in total. The molecule has 0 saturated carbocycles. The summed E-state index contributed by atoms with van der Waals surface area (Å²) in [6.07, 6.45) is -0.774. The van der Waals surface area contributed by atoms with Gasteiger partial charge in [-0.15, -0.1) is 0 Å². The highest BCUT2D eigenvalue weighted by molar-refractivity contribution is 7.81. The number of carboxylic acid groups (broad SMARTS) is 1. The quantitative estimate of drug-likeness (QED) is 0.678. The molecule has 0 fully saturated rings. The van der Waals surface area contributed by atoms with E-state index in [1.54, 1.807) is 13.8 Å². The molecule has 0 saturated heterocycles. The molecule has 0 unspecified atom stereocenters. The van der Waals surface area contributed by atoms with Gasteiger partial charge in [-0.2, -0.15) is 12.6 Å². The lowest BCUT2D eigenvalue weighted by Crippen LogP contribution is -2.62. The van der Waals surface area contributed by atoms with Crippen LogP contribution in [-0.4, -0.2) is 34.1 Å². The zero-order chi connectivity index (χ0) is 19.8. The molecule has 0 aliphatic heterocycles. The van der Waals surface area contributed by atoms with E-state index < -0.39 is 22.3 Å². The van der Waals surface area contributed by atoms with E-state index in [4.69, 9.17) is 4.74 Å². The maximum Gasteiger partial charge on any atom is 0.408 e. The maximum absolute atomic E-state index is 12.4. The van der Waals surface area contributed by atoms with Gasteiger partial charge in [0.2, 0.25) is 0 Å². The van der Waals surface area contributed by atoms with E-state index in [9.17, 15) is 14.7 Å². The van der Waals surface area contributed by atoms with Crippen molar-refractivity contribution >= 4 is 24.7 Å². The molecular formula is C21H23NO4S. The molecule has 5 nitrogen and oxygen atoms in total. The van der Waals surface area contributed by atoms with Gasteiger partial charge in [0.15, 0.2) is 5.54 Å². The number of thiol groups is 1. The second kappa shape index (κ2) is 6.93. The Balaban J connectivity index is 1.77. The molecule has 3 rings (SSSR count). The highest BCUT2D eigenvalue weighted by atomic mass is 32.1. The van der Waals surface area contributed by atoms with Crippen molar-refractivity contribution in [2.24, 2.45) is 0 Å². The monoisotopic (exact) mass is 385 g/mol. The van der Waals surface area contributed by atoms with E-state index in [2.05, 4.69) is 30.1 Å². The van der Waals surface area contributed by atoms with Gasteiger partial charge in [-0.25, -0.2) is 9.59 Å². The van der Waals surface area contributed by atoms with Crippen molar-refractivity contribution in [2.75, 3.05) is 6.61 Å². The zero-order valence-electron chi connectivity index (χ0n) is 15.5. The van der Waals surface area contributed by atoms with E-state index in [0.29, 0.717) is 0 Å². The van der Waals surface area contributed by atoms with Crippen molar-refractivity contribution in [3.63, 3.8) is 0 Å². The summed E-state index contributed by atoms with van der Waals surface area (Å²) in [6, 6.07) is 16.1. The summed E-state index contributed by atoms with van der Waals surface area (Å²) < 4.78 is 4.45. The number of ether oxygens (including phenoxy) is 1. The highest BCUT2D eigenvalue weighted by Gasteiger charge is 2.47. The lowest BCUT2D eigenvalue weighted by molar-refractivity contribution is -0.145. The third kappa shape index (κ3) is 3.41. The number of benzene rings is 2. The first-order valence-corrected chi connectivity index (χ1v) is 9.19. The van der Waals surface area contributed by atoms with E-state index >= 15 is 0 Å². The minimum absolute atomic E-state index is 0.0803. The van der Waals surface area contributed by atoms with Gasteiger partial charge in [0.05, 0.1) is 0 Å². The number of nitrogens with one attached hydrogen (secondary N) is 1. The van der Waals surface area contributed by atoms with Crippen molar-refractivity contribution in [1.29, 1.82) is 0 Å². The Morgan fingerprint density at radius 2 is 1.52 bits per heavy atom. The second-order valence-corrected chi connectivity index (χ2v) is 8.56. The molecule has 1 aliphatic carbocycles. The Morgan fingerprint density at radius 1 is 1.04 bits per heavy atom. The minimum Gasteiger partial charge on any atom is -0.479 e. The zero-order valence-corrected chi connectivity index (χ0v) is 16.4. The minimum atomic E-state index is -1.57. The van der Waals surface area contributed by atoms with Gasteiger partial charge in [0.1, 0.15) is 6.61 Å². The Morgan fingerprint density at radius 3 is 1.96 bits per heavy atom. The molecule has 2 aromatic carbocycles. The number of rotatable bonds is 5. The Kier molecular flexibility index (Phi) is 4.95. The van der Waals surface area contributed by atoms with Crippen LogP contribution in [0.2, 0.25) is 0 Å². The van der Waals surface area contributed by atoms with Crippen LogP contribution in [0.25, 0.3) is 11.1 Å². The van der Waals surface area contributed by atoms with Gasteiger partial charge >= 0.3 is 12.1 Å². The maximum atomic E-state index is 12.4. The number of carbonyl (C=O) groups excluding carboxylic acids is 1. The SMILES string of the molecule is CC(C)(S)[C@](C)(NC(=O)OCC1c2ccccc2-c2ccccc21)C(=O)O. The number of carboxylic acids is 1. The van der Waals surface area contributed by atoms with Gasteiger partial charge in [0, 0.05) is 10.7 Å². The molecule has 0 aromatic heterocycles. The average molecular weight is 385 g/mol. The second-order valence-electron chi connectivity index (χ2n) is 7.44. The van der Waals surface area contributed by atoms with Crippen LogP contribution in [0.5, 0.6) is 0 Å². The molecule has 1 aliphatic rings. The Bertz CT molecular complexity index is 844. The Hall–Kier alpha value is -2.47. The number of aliphatic carboxylic acids is 1. The van der Waals surface area contributed by atoms with Crippen LogP contribution in [0.15, 0.2) is 48.5 Å². The molecule has 1 atom stereocenters. The van der Waals surface area contributed by atoms with Gasteiger partial charge in [-0.3, -0.25) is 0 Å². The topological polar surface area (TPSA) is 75.6 Å². The highest BCUT2D eigenvalue weighted by Crippen LogP contribution is 2.44. The summed E-state index contributed by atoms with van der Waals surface area (Å²) in [5.41, 5.74) is 2.89. The van der Waals surface area contributed by atoms with Crippen molar-refractivity contribution in [3.8, 4) is 11.1 Å². The first-order chi connectivity index (χ1) is 12.6. The molecule has 142 valence electrons. The van der Waals surface area contributed by atoms with Crippen molar-refractivity contribution in [1.82, 2.24) is 5.32 Å². The van der Waals surface area contributed by atoms with Crippen LogP contribution in [-0.2, 0) is 9.53 Å². The molecule has 27 heavy (non-hydrogen) atoms. The van der Waals surface area contributed by atoms with Crippen LogP contribution in [0.4, 0.5) is 4.79 Å². The summed E-state index contributed by atoms with van der Waals surface area (Å²) in [6.45, 7) is 4.81. The van der Waals surface area contributed by atoms with Gasteiger partial charge in [0.25, 0.3) is 0 Å². The van der Waals surface area contributed by atoms with Crippen molar-refractivity contribution in [3.05, 3.63) is 59.7 Å². The fourth-order valence-corrected chi connectivity index (χ4v) is 3.46. The number of carbonyl (C=O) groups is 2. The lowest BCUT2D eigenvalue weighted by Gasteiger charge is -2.37. The summed E-state index contributed by atoms with van der Waals surface area (Å²) in [5, 5.41) is 12.0. The first-order valence-electron chi connectivity index (χ1n) is 8.74. The largest absolute Gasteiger partial charge is 0.479 e. The molecule has 2 aromatic rings. The van der Waals surface area contributed by atoms with Gasteiger partial charge in [-0.05, 0) is 43.0 Å². The number of fused-ring (bicyclic) bond motifs is 3. The van der Waals surface area contributed by atoms with E-state index in [-0.39, 0.29) is 12.5 Å². The van der Waals surface area contributed by atoms with E-state index in [1.807, 2.05) is 36.4 Å². The molecular weight excluding hydrogens is 362 g/mol. The number of alkyl carbamates (subject to hydrolysis) is 1. The van der Waals surface area contributed by atoms with Crippen LogP contribution in [0.3, 0.4) is 0 Å². The fraction of sp³-hybridized carbons (Fsp3) is 0.333. The van der Waals surface area contributed by atoms with Gasteiger partial charge < -0.3 is 15.2 Å². The summed E-state index contributed by atoms with van der Waals surface area (Å²) in [7, 11) is 0. The number of hydrogen-bond acceptors (Lipinski definition) is 4. The summed E-state index contributed by atoms with van der Waals surface area (Å²) in [4.78, 5) is 24.0. The lowest BCUT2D eigenvalue weighted by atomic mass is 9.87. The van der Waals surface area contributed by atoms with E-state index in [0.717, 1.165) is 22.3 Å². The van der Waals surface area contributed by atoms with Crippen LogP contribution in [0, 0.1) is 0 Å². The fourth-order valence-electron chi connectivity index (χ4n) is 3.31. The Labute approximate surface area is 164 Å². The molecule has 1 amide bonds. The smallest absolute Gasteiger partial charge is 0.408 e. The summed E-state index contributed by atoms with van der Waals surface area (Å²) in [5.74, 6) is -1.25. The standard InChI is InChI=1S/C21H23NO4S/c1-20(2,27)21(3,18(23)24)22-19(25)26-12-17-15-10-6-4-8-13(15)14-9-5-7-11-16(14)17/h4-11,17,27H,12H2,1-3H3,(H,22,25)(H,23,24)/t21-/m1/s1. The molecule has 0 spiro atoms. The normalized spacial score (nSPS) is 15.4. The van der Waals surface area contributed by atoms with Crippen LogP contribution < -0.4 is 5.32 Å². The molecule has 0 heterocycles. The summed E-state index contributed by atoms with van der Waals surface area (Å²) >= 11 is 4.33. The molecule has 6 heteroatoms.